The molecule has 0 aliphatic carbocycles. The summed E-state index contributed by atoms with van der Waals surface area (Å²) in [5.41, 5.74) is 2.88. The Morgan fingerprint density at radius 1 is 1.11 bits per heavy atom. The molecule has 0 fully saturated rings. The van der Waals surface area contributed by atoms with Gasteiger partial charge in [0.1, 0.15) is 0 Å². The maximum absolute atomic E-state index is 11.9. The van der Waals surface area contributed by atoms with E-state index < -0.39 is 0 Å². The molecule has 2 rings (SSSR count). The van der Waals surface area contributed by atoms with Gasteiger partial charge in [0, 0.05) is 16.0 Å². The highest BCUT2D eigenvalue weighted by Gasteiger charge is 2.04. The average Bonchev–Trinajstić information content (AvgIpc) is 2.39. The van der Waals surface area contributed by atoms with E-state index in [-0.39, 0.29) is 5.91 Å². The fourth-order valence-electron chi connectivity index (χ4n) is 1.71. The second-order valence-corrected chi connectivity index (χ2v) is 5.18. The quantitative estimate of drug-likeness (QED) is 0.822. The fourth-order valence-corrected chi connectivity index (χ4v) is 2.30. The Balaban J connectivity index is 1.97. The van der Waals surface area contributed by atoms with Gasteiger partial charge in [-0.3, -0.25) is 4.79 Å². The minimum Gasteiger partial charge on any atom is -0.326 e. The first kappa shape index (κ1) is 14.1. The number of amides is 1. The lowest BCUT2D eigenvalue weighted by atomic mass is 10.1. The van der Waals surface area contributed by atoms with Gasteiger partial charge in [0.15, 0.2) is 0 Å². The summed E-state index contributed by atoms with van der Waals surface area (Å²) in [5, 5.41) is 4.32. The third-order valence-corrected chi connectivity index (χ3v) is 3.53. The lowest BCUT2D eigenvalue weighted by Crippen LogP contribution is -2.14. The first-order valence-electron chi connectivity index (χ1n) is 5.86. The monoisotopic (exact) mass is 337 g/mol. The third-order valence-electron chi connectivity index (χ3n) is 2.65. The summed E-state index contributed by atoms with van der Waals surface area (Å²) in [5.74, 6) is -0.0474. The van der Waals surface area contributed by atoms with Gasteiger partial charge in [-0.15, -0.1) is 0 Å². The normalized spacial score (nSPS) is 10.2. The van der Waals surface area contributed by atoms with Crippen molar-refractivity contribution in [2.75, 3.05) is 5.32 Å². The van der Waals surface area contributed by atoms with Crippen LogP contribution in [0.25, 0.3) is 0 Å². The number of hydrogen-bond acceptors (Lipinski definition) is 1. The van der Waals surface area contributed by atoms with Crippen molar-refractivity contribution < 1.29 is 4.79 Å². The van der Waals surface area contributed by atoms with Crippen LogP contribution in [0.2, 0.25) is 5.02 Å². The molecule has 0 aliphatic rings. The van der Waals surface area contributed by atoms with Gasteiger partial charge in [0.25, 0.3) is 0 Å². The van der Waals surface area contributed by atoms with Gasteiger partial charge in [-0.1, -0.05) is 51.8 Å². The molecule has 2 aromatic carbocycles. The third kappa shape index (κ3) is 4.37. The molecule has 0 unspecified atom stereocenters. The van der Waals surface area contributed by atoms with E-state index >= 15 is 0 Å². The van der Waals surface area contributed by atoms with E-state index in [2.05, 4.69) is 21.2 Å². The van der Waals surface area contributed by atoms with Gasteiger partial charge in [-0.2, -0.15) is 0 Å². The summed E-state index contributed by atoms with van der Waals surface area (Å²) in [6, 6.07) is 15.1. The fraction of sp³-hybridized carbons (Fsp3) is 0.133. The van der Waals surface area contributed by atoms with E-state index in [9.17, 15) is 4.79 Å². The molecule has 0 bridgehead atoms. The lowest BCUT2D eigenvalue weighted by molar-refractivity contribution is -0.115. The van der Waals surface area contributed by atoms with E-state index in [1.807, 2.05) is 36.4 Å². The molecule has 98 valence electrons. The predicted octanol–water partition coefficient (Wildman–Crippen LogP) is 4.42. The van der Waals surface area contributed by atoms with Crippen molar-refractivity contribution in [3.63, 3.8) is 0 Å². The molecule has 19 heavy (non-hydrogen) atoms. The van der Waals surface area contributed by atoms with Crippen LogP contribution in [0, 0.1) is 0 Å². The molecule has 0 spiro atoms. The van der Waals surface area contributed by atoms with Crippen LogP contribution in [0.1, 0.15) is 11.1 Å². The first-order valence-corrected chi connectivity index (χ1v) is 7.36. The number of hydrogen-bond donors (Lipinski definition) is 1. The minimum absolute atomic E-state index is 0.0474. The van der Waals surface area contributed by atoms with E-state index in [0.717, 1.165) is 16.6 Å². The zero-order valence-electron chi connectivity index (χ0n) is 10.2. The number of alkyl halides is 1. The Kier molecular flexibility index (Phi) is 5.00. The second kappa shape index (κ2) is 6.73. The van der Waals surface area contributed by atoms with Gasteiger partial charge in [-0.05, 0) is 35.4 Å². The molecule has 0 saturated carbocycles. The molecule has 0 radical (unpaired) electrons. The molecular formula is C15H13BrClNO. The van der Waals surface area contributed by atoms with Crippen molar-refractivity contribution >= 4 is 39.1 Å². The smallest absolute Gasteiger partial charge is 0.228 e. The zero-order chi connectivity index (χ0) is 13.7. The first-order chi connectivity index (χ1) is 9.17. The summed E-state index contributed by atoms with van der Waals surface area (Å²) >= 11 is 9.27. The predicted molar refractivity (Wildman–Crippen MR) is 82.9 cm³/mol. The number of carbonyl (C=O) groups excluding carboxylic acids is 1. The van der Waals surface area contributed by atoms with Gasteiger partial charge >= 0.3 is 0 Å². The second-order valence-electron chi connectivity index (χ2n) is 4.19. The Morgan fingerprint density at radius 3 is 2.47 bits per heavy atom. The van der Waals surface area contributed by atoms with Crippen LogP contribution in [0.15, 0.2) is 48.5 Å². The van der Waals surface area contributed by atoms with Crippen LogP contribution in [0.4, 0.5) is 5.69 Å². The van der Waals surface area contributed by atoms with Crippen molar-refractivity contribution in [3.05, 3.63) is 64.7 Å². The Labute approximate surface area is 125 Å². The number of benzene rings is 2. The Bertz CT molecular complexity index is 569. The number of nitrogens with one attached hydrogen (secondary N) is 1. The number of carbonyl (C=O) groups is 1. The topological polar surface area (TPSA) is 29.1 Å². The minimum atomic E-state index is -0.0474. The van der Waals surface area contributed by atoms with E-state index in [4.69, 9.17) is 11.6 Å². The largest absolute Gasteiger partial charge is 0.326 e. The van der Waals surface area contributed by atoms with Crippen LogP contribution < -0.4 is 5.32 Å². The SMILES string of the molecule is O=C(Cc1cccc(Cl)c1)Nc1ccc(CBr)cc1. The van der Waals surface area contributed by atoms with Crippen LogP contribution in [-0.2, 0) is 16.5 Å². The number of rotatable bonds is 4. The van der Waals surface area contributed by atoms with Crippen LogP contribution in [0.3, 0.4) is 0 Å². The Morgan fingerprint density at radius 2 is 1.84 bits per heavy atom. The van der Waals surface area contributed by atoms with Crippen LogP contribution >= 0.6 is 27.5 Å². The summed E-state index contributed by atoms with van der Waals surface area (Å²) in [6.45, 7) is 0. The van der Waals surface area contributed by atoms with Gasteiger partial charge in [-0.25, -0.2) is 0 Å². The summed E-state index contributed by atoms with van der Waals surface area (Å²) < 4.78 is 0. The zero-order valence-corrected chi connectivity index (χ0v) is 12.5. The maximum atomic E-state index is 11.9. The van der Waals surface area contributed by atoms with Crippen molar-refractivity contribution in [1.82, 2.24) is 0 Å². The molecule has 0 saturated heterocycles. The van der Waals surface area contributed by atoms with Crippen LogP contribution in [-0.4, -0.2) is 5.91 Å². The van der Waals surface area contributed by atoms with Crippen molar-refractivity contribution in [1.29, 1.82) is 0 Å². The van der Waals surface area contributed by atoms with E-state index in [1.165, 1.54) is 5.56 Å². The molecule has 1 N–H and O–H groups in total. The van der Waals surface area contributed by atoms with Gasteiger partial charge in [0.05, 0.1) is 6.42 Å². The molecule has 0 atom stereocenters. The van der Waals surface area contributed by atoms with Crippen LogP contribution in [0.5, 0.6) is 0 Å². The average molecular weight is 339 g/mol. The Hall–Kier alpha value is -1.32. The number of halogens is 2. The highest BCUT2D eigenvalue weighted by molar-refractivity contribution is 9.08. The van der Waals surface area contributed by atoms with Crippen molar-refractivity contribution in [2.45, 2.75) is 11.8 Å². The molecule has 2 aromatic rings. The lowest BCUT2D eigenvalue weighted by Gasteiger charge is -2.06. The maximum Gasteiger partial charge on any atom is 0.228 e. The molecule has 0 aliphatic heterocycles. The molecule has 0 heterocycles. The summed E-state index contributed by atoms with van der Waals surface area (Å²) in [6.07, 6.45) is 0.320. The molecule has 0 aromatic heterocycles. The van der Waals surface area contributed by atoms with Gasteiger partial charge < -0.3 is 5.32 Å². The van der Waals surface area contributed by atoms with E-state index in [0.29, 0.717) is 11.4 Å². The number of anilines is 1. The molecule has 1 amide bonds. The standard InChI is InChI=1S/C15H13BrClNO/c16-10-11-4-6-14(7-5-11)18-15(19)9-12-2-1-3-13(17)8-12/h1-8H,9-10H2,(H,18,19). The van der Waals surface area contributed by atoms with Crippen molar-refractivity contribution in [2.24, 2.45) is 0 Å². The summed E-state index contributed by atoms with van der Waals surface area (Å²) in [4.78, 5) is 11.9. The highest BCUT2D eigenvalue weighted by atomic mass is 79.9. The van der Waals surface area contributed by atoms with Crippen molar-refractivity contribution in [3.8, 4) is 0 Å². The van der Waals surface area contributed by atoms with Gasteiger partial charge in [0.2, 0.25) is 5.91 Å². The molecular weight excluding hydrogens is 326 g/mol. The summed E-state index contributed by atoms with van der Waals surface area (Å²) in [7, 11) is 0. The highest BCUT2D eigenvalue weighted by Crippen LogP contribution is 2.14. The van der Waals surface area contributed by atoms with E-state index in [1.54, 1.807) is 12.1 Å². The molecule has 2 nitrogen and oxygen atoms in total. The molecule has 4 heteroatoms.